The fraction of sp³-hybridized carbons (Fsp3) is 0.455. The number of hydrogen-bond donors (Lipinski definition) is 2. The lowest BCUT2D eigenvalue weighted by Crippen LogP contribution is -2.09. The Morgan fingerprint density at radius 3 is 2.64 bits per heavy atom. The Hall–Kier alpha value is -1.22. The SMILES string of the molecule is COc1cc(C)cc(C(C)CN)c1O. The van der Waals surface area contributed by atoms with E-state index in [0.29, 0.717) is 12.3 Å². The van der Waals surface area contributed by atoms with Crippen LogP contribution in [0.3, 0.4) is 0 Å². The smallest absolute Gasteiger partial charge is 0.161 e. The van der Waals surface area contributed by atoms with E-state index in [1.165, 1.54) is 0 Å². The van der Waals surface area contributed by atoms with E-state index < -0.39 is 0 Å². The fourth-order valence-corrected chi connectivity index (χ4v) is 1.43. The van der Waals surface area contributed by atoms with Gasteiger partial charge in [0.1, 0.15) is 0 Å². The highest BCUT2D eigenvalue weighted by Crippen LogP contribution is 2.35. The molecule has 0 radical (unpaired) electrons. The molecule has 0 bridgehead atoms. The molecule has 1 unspecified atom stereocenters. The van der Waals surface area contributed by atoms with Gasteiger partial charge in [-0.3, -0.25) is 0 Å². The van der Waals surface area contributed by atoms with E-state index in [1.807, 2.05) is 26.0 Å². The van der Waals surface area contributed by atoms with Gasteiger partial charge in [-0.15, -0.1) is 0 Å². The molecule has 78 valence electrons. The molecule has 0 heterocycles. The molecule has 0 aliphatic carbocycles. The molecule has 3 N–H and O–H groups in total. The van der Waals surface area contributed by atoms with Gasteiger partial charge in [0.2, 0.25) is 0 Å². The summed E-state index contributed by atoms with van der Waals surface area (Å²) in [5, 5.41) is 9.83. The quantitative estimate of drug-likeness (QED) is 0.772. The van der Waals surface area contributed by atoms with E-state index in [0.717, 1.165) is 11.1 Å². The average molecular weight is 195 g/mol. The Morgan fingerprint density at radius 2 is 2.14 bits per heavy atom. The lowest BCUT2D eigenvalue weighted by Gasteiger charge is -2.14. The number of aryl methyl sites for hydroxylation is 1. The normalized spacial score (nSPS) is 12.6. The highest BCUT2D eigenvalue weighted by Gasteiger charge is 2.13. The standard InChI is InChI=1S/C11H17NO2/c1-7-4-9(8(2)6-12)11(13)10(5-7)14-3/h4-5,8,13H,6,12H2,1-3H3. The molecule has 14 heavy (non-hydrogen) atoms. The number of phenols is 1. The van der Waals surface area contributed by atoms with Crippen LogP contribution in [0.5, 0.6) is 11.5 Å². The van der Waals surface area contributed by atoms with Crippen molar-refractivity contribution in [2.45, 2.75) is 19.8 Å². The van der Waals surface area contributed by atoms with Crippen LogP contribution in [0.15, 0.2) is 12.1 Å². The van der Waals surface area contributed by atoms with Gasteiger partial charge in [0.25, 0.3) is 0 Å². The van der Waals surface area contributed by atoms with Crippen LogP contribution in [-0.4, -0.2) is 18.8 Å². The van der Waals surface area contributed by atoms with Gasteiger partial charge in [0.15, 0.2) is 11.5 Å². The number of ether oxygens (including phenoxy) is 1. The Balaban J connectivity index is 3.21. The zero-order valence-corrected chi connectivity index (χ0v) is 8.87. The van der Waals surface area contributed by atoms with Gasteiger partial charge < -0.3 is 15.6 Å². The van der Waals surface area contributed by atoms with Crippen LogP contribution in [-0.2, 0) is 0 Å². The first-order chi connectivity index (χ1) is 6.60. The van der Waals surface area contributed by atoms with E-state index in [1.54, 1.807) is 7.11 Å². The lowest BCUT2D eigenvalue weighted by molar-refractivity contribution is 0.368. The summed E-state index contributed by atoms with van der Waals surface area (Å²) < 4.78 is 5.07. The summed E-state index contributed by atoms with van der Waals surface area (Å²) in [7, 11) is 1.55. The van der Waals surface area contributed by atoms with Crippen molar-refractivity contribution in [1.82, 2.24) is 0 Å². The topological polar surface area (TPSA) is 55.5 Å². The molecule has 1 aromatic carbocycles. The van der Waals surface area contributed by atoms with Crippen LogP contribution in [0.25, 0.3) is 0 Å². The van der Waals surface area contributed by atoms with Gasteiger partial charge in [-0.1, -0.05) is 13.0 Å². The first-order valence-electron chi connectivity index (χ1n) is 4.67. The third kappa shape index (κ3) is 1.99. The summed E-state index contributed by atoms with van der Waals surface area (Å²) in [6, 6.07) is 3.75. The third-order valence-corrected chi connectivity index (χ3v) is 2.35. The minimum atomic E-state index is 0.142. The predicted octanol–water partition coefficient (Wildman–Crippen LogP) is 1.77. The predicted molar refractivity (Wildman–Crippen MR) is 56.9 cm³/mol. The van der Waals surface area contributed by atoms with E-state index >= 15 is 0 Å². The number of phenolic OH excluding ortho intramolecular Hbond substituents is 1. The molecule has 0 saturated carbocycles. The van der Waals surface area contributed by atoms with Crippen LogP contribution in [0, 0.1) is 6.92 Å². The zero-order valence-electron chi connectivity index (χ0n) is 8.87. The fourth-order valence-electron chi connectivity index (χ4n) is 1.43. The lowest BCUT2D eigenvalue weighted by atomic mass is 9.98. The summed E-state index contributed by atoms with van der Waals surface area (Å²) in [4.78, 5) is 0. The van der Waals surface area contributed by atoms with Crippen molar-refractivity contribution >= 4 is 0 Å². The molecule has 1 aromatic rings. The summed E-state index contributed by atoms with van der Waals surface area (Å²) in [5.74, 6) is 0.861. The number of rotatable bonds is 3. The van der Waals surface area contributed by atoms with Gasteiger partial charge in [0, 0.05) is 5.56 Å². The molecular formula is C11H17NO2. The molecule has 1 rings (SSSR count). The van der Waals surface area contributed by atoms with Crippen molar-refractivity contribution < 1.29 is 9.84 Å². The Morgan fingerprint density at radius 1 is 1.50 bits per heavy atom. The molecular weight excluding hydrogens is 178 g/mol. The van der Waals surface area contributed by atoms with Crippen LogP contribution in [0.1, 0.15) is 24.0 Å². The second-order valence-corrected chi connectivity index (χ2v) is 3.54. The Bertz CT molecular complexity index is 323. The molecule has 0 aromatic heterocycles. The maximum atomic E-state index is 9.83. The second kappa shape index (κ2) is 4.33. The van der Waals surface area contributed by atoms with Gasteiger partial charge in [-0.25, -0.2) is 0 Å². The van der Waals surface area contributed by atoms with Crippen molar-refractivity contribution in [2.75, 3.05) is 13.7 Å². The average Bonchev–Trinajstić information content (AvgIpc) is 2.19. The highest BCUT2D eigenvalue weighted by atomic mass is 16.5. The van der Waals surface area contributed by atoms with Crippen molar-refractivity contribution in [3.63, 3.8) is 0 Å². The van der Waals surface area contributed by atoms with Crippen molar-refractivity contribution in [3.8, 4) is 11.5 Å². The maximum absolute atomic E-state index is 9.83. The summed E-state index contributed by atoms with van der Waals surface area (Å²) in [6.07, 6.45) is 0. The maximum Gasteiger partial charge on any atom is 0.161 e. The zero-order chi connectivity index (χ0) is 10.7. The van der Waals surface area contributed by atoms with Crippen LogP contribution >= 0.6 is 0 Å². The van der Waals surface area contributed by atoms with Crippen LogP contribution in [0.4, 0.5) is 0 Å². The summed E-state index contributed by atoms with van der Waals surface area (Å²) in [6.45, 7) is 4.46. The third-order valence-electron chi connectivity index (χ3n) is 2.35. The number of hydrogen-bond acceptors (Lipinski definition) is 3. The molecule has 3 heteroatoms. The van der Waals surface area contributed by atoms with Crippen LogP contribution < -0.4 is 10.5 Å². The first kappa shape index (κ1) is 10.9. The van der Waals surface area contributed by atoms with Gasteiger partial charge >= 0.3 is 0 Å². The number of benzene rings is 1. The largest absolute Gasteiger partial charge is 0.504 e. The van der Waals surface area contributed by atoms with Crippen molar-refractivity contribution in [1.29, 1.82) is 0 Å². The van der Waals surface area contributed by atoms with E-state index in [9.17, 15) is 5.11 Å². The monoisotopic (exact) mass is 195 g/mol. The minimum Gasteiger partial charge on any atom is -0.504 e. The minimum absolute atomic E-state index is 0.142. The molecule has 0 amide bonds. The first-order valence-corrected chi connectivity index (χ1v) is 4.67. The van der Waals surface area contributed by atoms with E-state index in [2.05, 4.69) is 0 Å². The van der Waals surface area contributed by atoms with E-state index in [-0.39, 0.29) is 11.7 Å². The van der Waals surface area contributed by atoms with Gasteiger partial charge in [-0.05, 0) is 31.0 Å². The van der Waals surface area contributed by atoms with Crippen molar-refractivity contribution in [3.05, 3.63) is 23.3 Å². The number of methoxy groups -OCH3 is 1. The molecule has 0 spiro atoms. The number of nitrogens with two attached hydrogens (primary N) is 1. The van der Waals surface area contributed by atoms with Gasteiger partial charge in [0.05, 0.1) is 7.11 Å². The summed E-state index contributed by atoms with van der Waals surface area (Å²) >= 11 is 0. The molecule has 1 atom stereocenters. The van der Waals surface area contributed by atoms with Crippen LogP contribution in [0.2, 0.25) is 0 Å². The summed E-state index contributed by atoms with van der Waals surface area (Å²) in [5.41, 5.74) is 7.48. The van der Waals surface area contributed by atoms with E-state index in [4.69, 9.17) is 10.5 Å². The van der Waals surface area contributed by atoms with Crippen molar-refractivity contribution in [2.24, 2.45) is 5.73 Å². The molecule has 0 aliphatic rings. The molecule has 3 nitrogen and oxygen atoms in total. The molecule has 0 saturated heterocycles. The molecule has 0 aliphatic heterocycles. The Labute approximate surface area is 84.5 Å². The Kier molecular flexibility index (Phi) is 3.36. The second-order valence-electron chi connectivity index (χ2n) is 3.54. The van der Waals surface area contributed by atoms with Gasteiger partial charge in [-0.2, -0.15) is 0 Å². The molecule has 0 fully saturated rings. The highest BCUT2D eigenvalue weighted by molar-refractivity contribution is 5.49. The number of aromatic hydroxyl groups is 1.